The van der Waals surface area contributed by atoms with Gasteiger partial charge in [-0.1, -0.05) is 47.1 Å². The molecule has 0 aliphatic rings. The number of nitrogens with one attached hydrogen (secondary N) is 2. The maximum Gasteiger partial charge on any atom is 0.264 e. The highest BCUT2D eigenvalue weighted by atomic mass is 35.5. The summed E-state index contributed by atoms with van der Waals surface area (Å²) in [4.78, 5) is 12.3. The lowest BCUT2D eigenvalue weighted by atomic mass is 10.2. The van der Waals surface area contributed by atoms with Crippen LogP contribution in [0.5, 0.6) is 5.75 Å². The Kier molecular flexibility index (Phi) is 7.39. The van der Waals surface area contributed by atoms with Crippen LogP contribution in [0.3, 0.4) is 0 Å². The van der Waals surface area contributed by atoms with E-state index in [1.807, 2.05) is 12.1 Å². The number of amides is 1. The Morgan fingerprint density at radius 3 is 2.83 bits per heavy atom. The SMILES string of the molecule is COc1ccc(Cl)cc1NC(=O)CSc1nnc(N/N=C/c2cccc(Cl)c2)n1N. The summed E-state index contributed by atoms with van der Waals surface area (Å²) >= 11 is 13.0. The first-order chi connectivity index (χ1) is 14.5. The van der Waals surface area contributed by atoms with Crippen LogP contribution >= 0.6 is 35.0 Å². The topological polar surface area (TPSA) is 119 Å². The van der Waals surface area contributed by atoms with Gasteiger partial charge >= 0.3 is 0 Å². The molecule has 0 bridgehead atoms. The summed E-state index contributed by atoms with van der Waals surface area (Å²) in [6, 6.07) is 12.1. The number of rotatable bonds is 8. The second kappa shape index (κ2) is 10.2. The van der Waals surface area contributed by atoms with Crippen LogP contribution in [0.4, 0.5) is 11.6 Å². The number of anilines is 2. The van der Waals surface area contributed by atoms with Crippen molar-refractivity contribution in [2.24, 2.45) is 5.10 Å². The number of halogens is 2. The van der Waals surface area contributed by atoms with Gasteiger partial charge in [-0.25, -0.2) is 10.1 Å². The van der Waals surface area contributed by atoms with Gasteiger partial charge in [0.05, 0.1) is 24.8 Å². The van der Waals surface area contributed by atoms with Crippen LogP contribution in [0.25, 0.3) is 0 Å². The Hall–Kier alpha value is -2.95. The van der Waals surface area contributed by atoms with Crippen molar-refractivity contribution in [3.05, 3.63) is 58.1 Å². The quantitative estimate of drug-likeness (QED) is 0.201. The molecule has 3 rings (SSSR count). The van der Waals surface area contributed by atoms with Crippen molar-refractivity contribution in [2.75, 3.05) is 29.4 Å². The highest BCUT2D eigenvalue weighted by Crippen LogP contribution is 2.28. The fourth-order valence-electron chi connectivity index (χ4n) is 2.30. The monoisotopic (exact) mass is 465 g/mol. The van der Waals surface area contributed by atoms with Crippen LogP contribution < -0.4 is 21.3 Å². The predicted octanol–water partition coefficient (Wildman–Crippen LogP) is 3.48. The molecule has 0 unspecified atom stereocenters. The van der Waals surface area contributed by atoms with E-state index in [-0.39, 0.29) is 17.6 Å². The van der Waals surface area contributed by atoms with Gasteiger partial charge in [0.25, 0.3) is 5.95 Å². The molecule has 12 heteroatoms. The van der Waals surface area contributed by atoms with Crippen molar-refractivity contribution in [1.29, 1.82) is 0 Å². The number of thioether (sulfide) groups is 1. The summed E-state index contributed by atoms with van der Waals surface area (Å²) in [6.45, 7) is 0. The number of nitrogens with two attached hydrogens (primary N) is 1. The van der Waals surface area contributed by atoms with E-state index in [0.717, 1.165) is 17.3 Å². The first-order valence-corrected chi connectivity index (χ1v) is 10.2. The molecule has 9 nitrogen and oxygen atoms in total. The fraction of sp³-hybridized carbons (Fsp3) is 0.111. The van der Waals surface area contributed by atoms with Crippen LogP contribution in [0.1, 0.15) is 5.56 Å². The summed E-state index contributed by atoms with van der Waals surface area (Å²) in [7, 11) is 1.51. The Morgan fingerprint density at radius 2 is 2.07 bits per heavy atom. The molecule has 0 fully saturated rings. The van der Waals surface area contributed by atoms with Crippen molar-refractivity contribution in [2.45, 2.75) is 5.16 Å². The third-order valence-electron chi connectivity index (χ3n) is 3.66. The Labute approximate surface area is 186 Å². The maximum atomic E-state index is 12.3. The molecule has 0 aliphatic heterocycles. The summed E-state index contributed by atoms with van der Waals surface area (Å²) in [6.07, 6.45) is 1.57. The smallest absolute Gasteiger partial charge is 0.264 e. The summed E-state index contributed by atoms with van der Waals surface area (Å²) in [5.41, 5.74) is 3.98. The Balaban J connectivity index is 1.56. The van der Waals surface area contributed by atoms with Gasteiger partial charge in [0.2, 0.25) is 11.1 Å². The largest absolute Gasteiger partial charge is 0.495 e. The molecule has 0 saturated carbocycles. The molecule has 0 atom stereocenters. The minimum absolute atomic E-state index is 0.0524. The molecule has 0 saturated heterocycles. The van der Waals surface area contributed by atoms with Gasteiger partial charge in [0.1, 0.15) is 5.75 Å². The van der Waals surface area contributed by atoms with Crippen molar-refractivity contribution >= 4 is 58.7 Å². The number of nitrogens with zero attached hydrogens (tertiary/aromatic N) is 4. The van der Waals surface area contributed by atoms with E-state index in [2.05, 4.69) is 26.0 Å². The molecule has 0 spiro atoms. The third kappa shape index (κ3) is 5.78. The zero-order chi connectivity index (χ0) is 21.5. The van der Waals surface area contributed by atoms with Gasteiger partial charge in [0.15, 0.2) is 0 Å². The van der Waals surface area contributed by atoms with Crippen LogP contribution in [0, 0.1) is 0 Å². The minimum Gasteiger partial charge on any atom is -0.495 e. The molecule has 0 aliphatic carbocycles. The lowest BCUT2D eigenvalue weighted by Gasteiger charge is -2.10. The maximum absolute atomic E-state index is 12.3. The fourth-order valence-corrected chi connectivity index (χ4v) is 3.32. The van der Waals surface area contributed by atoms with Crippen LogP contribution in [0.15, 0.2) is 52.7 Å². The molecular weight excluding hydrogens is 449 g/mol. The van der Waals surface area contributed by atoms with Gasteiger partial charge in [-0.2, -0.15) is 5.10 Å². The second-order valence-electron chi connectivity index (χ2n) is 5.78. The summed E-state index contributed by atoms with van der Waals surface area (Å²) in [5.74, 6) is 6.45. The van der Waals surface area contributed by atoms with Crippen molar-refractivity contribution in [3.63, 3.8) is 0 Å². The zero-order valence-electron chi connectivity index (χ0n) is 15.7. The van der Waals surface area contributed by atoms with Crippen LogP contribution in [-0.4, -0.2) is 39.9 Å². The van der Waals surface area contributed by atoms with Gasteiger partial charge in [-0.05, 0) is 35.9 Å². The minimum atomic E-state index is -0.281. The highest BCUT2D eigenvalue weighted by molar-refractivity contribution is 7.99. The number of carbonyl (C=O) groups is 1. The molecule has 1 amide bonds. The number of aromatic nitrogens is 3. The van der Waals surface area contributed by atoms with Crippen molar-refractivity contribution in [3.8, 4) is 5.75 Å². The number of benzene rings is 2. The number of ether oxygens (including phenoxy) is 1. The lowest BCUT2D eigenvalue weighted by molar-refractivity contribution is -0.113. The molecule has 0 radical (unpaired) electrons. The summed E-state index contributed by atoms with van der Waals surface area (Å²) < 4.78 is 6.41. The van der Waals surface area contributed by atoms with Gasteiger partial charge in [-0.15, -0.1) is 10.2 Å². The van der Waals surface area contributed by atoms with E-state index in [4.69, 9.17) is 33.8 Å². The molecule has 4 N–H and O–H groups in total. The summed E-state index contributed by atoms with van der Waals surface area (Å²) in [5, 5.41) is 16.1. The normalized spacial score (nSPS) is 10.9. The lowest BCUT2D eigenvalue weighted by Crippen LogP contribution is -2.17. The number of methoxy groups -OCH3 is 1. The molecule has 3 aromatic rings. The highest BCUT2D eigenvalue weighted by Gasteiger charge is 2.13. The number of hydrogen-bond acceptors (Lipinski definition) is 8. The number of nitrogen functional groups attached to an aromatic ring is 1. The molecular formula is C18H17Cl2N7O2S. The van der Waals surface area contributed by atoms with E-state index in [1.165, 1.54) is 11.8 Å². The molecule has 156 valence electrons. The van der Waals surface area contributed by atoms with Gasteiger partial charge in [-0.3, -0.25) is 4.79 Å². The predicted molar refractivity (Wildman–Crippen MR) is 120 cm³/mol. The van der Waals surface area contributed by atoms with Crippen LogP contribution in [0.2, 0.25) is 10.0 Å². The van der Waals surface area contributed by atoms with E-state index in [1.54, 1.807) is 36.5 Å². The average Bonchev–Trinajstić information content (AvgIpc) is 3.06. The number of hydrazone groups is 1. The van der Waals surface area contributed by atoms with Gasteiger partial charge < -0.3 is 15.9 Å². The third-order valence-corrected chi connectivity index (χ3v) is 5.07. The molecule has 2 aromatic carbocycles. The standard InChI is InChI=1S/C18H17Cl2N7O2S/c1-29-15-6-5-13(20)8-14(15)23-16(28)10-30-18-26-25-17(27(18)21)24-22-9-11-3-2-4-12(19)7-11/h2-9H,10,21H2,1H3,(H,23,28)(H,24,25)/b22-9+. The van der Waals surface area contributed by atoms with Crippen LogP contribution in [-0.2, 0) is 4.79 Å². The zero-order valence-corrected chi connectivity index (χ0v) is 18.0. The van der Waals surface area contributed by atoms with Gasteiger partial charge in [0, 0.05) is 10.0 Å². The molecule has 1 heterocycles. The first-order valence-electron chi connectivity index (χ1n) is 8.47. The molecule has 1 aromatic heterocycles. The first kappa shape index (κ1) is 21.8. The van der Waals surface area contributed by atoms with Crippen molar-refractivity contribution in [1.82, 2.24) is 14.9 Å². The average molecular weight is 466 g/mol. The van der Waals surface area contributed by atoms with Crippen molar-refractivity contribution < 1.29 is 9.53 Å². The van der Waals surface area contributed by atoms with E-state index >= 15 is 0 Å². The second-order valence-corrected chi connectivity index (χ2v) is 7.60. The van der Waals surface area contributed by atoms with E-state index in [0.29, 0.717) is 26.6 Å². The number of carbonyl (C=O) groups excluding carboxylic acids is 1. The Morgan fingerprint density at radius 1 is 1.27 bits per heavy atom. The Bertz CT molecular complexity index is 1070. The number of hydrogen-bond donors (Lipinski definition) is 3. The molecule has 30 heavy (non-hydrogen) atoms. The van der Waals surface area contributed by atoms with E-state index in [9.17, 15) is 4.79 Å². The van der Waals surface area contributed by atoms with E-state index < -0.39 is 0 Å².